The number of nitrogens with one attached hydrogen (secondary N) is 1. The van der Waals surface area contributed by atoms with Crippen LogP contribution in [-0.4, -0.2) is 53.3 Å². The molecule has 20 heavy (non-hydrogen) atoms. The third kappa shape index (κ3) is 4.31. The molecule has 2 rings (SSSR count). The highest BCUT2D eigenvalue weighted by Gasteiger charge is 2.25. The van der Waals surface area contributed by atoms with Crippen LogP contribution in [0.4, 0.5) is 0 Å². The van der Waals surface area contributed by atoms with E-state index >= 15 is 0 Å². The van der Waals surface area contributed by atoms with Crippen molar-refractivity contribution in [2.75, 3.05) is 32.7 Å². The Hall–Kier alpha value is -1.40. The summed E-state index contributed by atoms with van der Waals surface area (Å²) in [6.45, 7) is 4.01. The highest BCUT2D eigenvalue weighted by Crippen LogP contribution is 2.17. The summed E-state index contributed by atoms with van der Waals surface area (Å²) < 4.78 is 1.83. The lowest BCUT2D eigenvalue weighted by Gasteiger charge is -2.31. The number of carbonyl (C=O) groups excluding carboxylic acids is 1. The van der Waals surface area contributed by atoms with Crippen LogP contribution in [0.3, 0.4) is 0 Å². The Kier molecular flexibility index (Phi) is 5.55. The molecule has 112 valence electrons. The minimum Gasteiger partial charge on any atom is -0.355 e. The van der Waals surface area contributed by atoms with Gasteiger partial charge in [-0.25, -0.2) is 0 Å². The molecule has 1 atom stereocenters. The molecule has 0 aromatic carbocycles. The molecule has 1 saturated heterocycles. The molecule has 1 aromatic heterocycles. The zero-order valence-electron chi connectivity index (χ0n) is 12.2. The van der Waals surface area contributed by atoms with Gasteiger partial charge in [0.1, 0.15) is 0 Å². The minimum atomic E-state index is 0.115. The van der Waals surface area contributed by atoms with Crippen molar-refractivity contribution >= 4 is 5.91 Å². The first-order valence-corrected chi connectivity index (χ1v) is 7.36. The van der Waals surface area contributed by atoms with E-state index in [4.69, 9.17) is 5.73 Å². The number of likely N-dealkylation sites (tertiary alicyclic amines) is 1. The molecule has 1 aliphatic heterocycles. The number of hydrogen-bond donors (Lipinski definition) is 2. The van der Waals surface area contributed by atoms with Crippen LogP contribution >= 0.6 is 0 Å². The van der Waals surface area contributed by atoms with Gasteiger partial charge in [-0.1, -0.05) is 0 Å². The molecule has 0 spiro atoms. The van der Waals surface area contributed by atoms with Gasteiger partial charge in [0.05, 0.1) is 12.1 Å². The van der Waals surface area contributed by atoms with Crippen molar-refractivity contribution in [3.05, 3.63) is 18.0 Å². The third-order valence-electron chi connectivity index (χ3n) is 3.79. The number of aryl methyl sites for hydroxylation is 1. The molecule has 0 radical (unpaired) electrons. The first kappa shape index (κ1) is 15.0. The number of aromatic nitrogens is 2. The maximum Gasteiger partial charge on any atom is 0.224 e. The third-order valence-corrected chi connectivity index (χ3v) is 3.79. The van der Waals surface area contributed by atoms with Crippen molar-refractivity contribution in [3.8, 4) is 0 Å². The van der Waals surface area contributed by atoms with Crippen molar-refractivity contribution < 1.29 is 4.79 Å². The lowest BCUT2D eigenvalue weighted by Crippen LogP contribution is -2.44. The van der Waals surface area contributed by atoms with Gasteiger partial charge in [-0.05, 0) is 31.4 Å². The number of rotatable bonds is 6. The molecule has 1 aromatic rings. The monoisotopic (exact) mass is 279 g/mol. The fraction of sp³-hybridized carbons (Fsp3) is 0.714. The molecule has 0 saturated carbocycles. The van der Waals surface area contributed by atoms with Gasteiger partial charge in [-0.15, -0.1) is 0 Å². The zero-order valence-corrected chi connectivity index (χ0v) is 12.2. The predicted octanol–water partition coefficient (Wildman–Crippen LogP) is -0.250. The average Bonchev–Trinajstić information content (AvgIpc) is 2.88. The van der Waals surface area contributed by atoms with E-state index < -0.39 is 0 Å². The van der Waals surface area contributed by atoms with Crippen LogP contribution in [0.5, 0.6) is 0 Å². The topological polar surface area (TPSA) is 76.2 Å². The first-order chi connectivity index (χ1) is 9.69. The molecule has 1 amide bonds. The summed E-state index contributed by atoms with van der Waals surface area (Å²) in [4.78, 5) is 14.4. The highest BCUT2D eigenvalue weighted by atomic mass is 16.1. The quantitative estimate of drug-likeness (QED) is 0.753. The van der Waals surface area contributed by atoms with Gasteiger partial charge in [-0.2, -0.15) is 5.10 Å². The van der Waals surface area contributed by atoms with Crippen molar-refractivity contribution in [1.29, 1.82) is 0 Å². The summed E-state index contributed by atoms with van der Waals surface area (Å²) in [6.07, 6.45) is 7.03. The van der Waals surface area contributed by atoms with Gasteiger partial charge in [0.25, 0.3) is 0 Å². The maximum atomic E-state index is 12.0. The van der Waals surface area contributed by atoms with Gasteiger partial charge in [0, 0.05) is 39.4 Å². The van der Waals surface area contributed by atoms with Crippen molar-refractivity contribution in [2.45, 2.75) is 19.3 Å². The fourth-order valence-corrected chi connectivity index (χ4v) is 2.70. The molecule has 6 nitrogen and oxygen atoms in total. The van der Waals surface area contributed by atoms with E-state index in [9.17, 15) is 4.79 Å². The van der Waals surface area contributed by atoms with Crippen molar-refractivity contribution in [2.24, 2.45) is 18.7 Å². The van der Waals surface area contributed by atoms with Gasteiger partial charge in [0.2, 0.25) is 5.91 Å². The molecule has 1 fully saturated rings. The van der Waals surface area contributed by atoms with Gasteiger partial charge in [-0.3, -0.25) is 9.48 Å². The van der Waals surface area contributed by atoms with Crippen LogP contribution in [0.2, 0.25) is 0 Å². The van der Waals surface area contributed by atoms with Crippen LogP contribution < -0.4 is 11.1 Å². The molecule has 3 N–H and O–H groups in total. The largest absolute Gasteiger partial charge is 0.355 e. The van der Waals surface area contributed by atoms with E-state index in [0.717, 1.165) is 38.9 Å². The van der Waals surface area contributed by atoms with Gasteiger partial charge < -0.3 is 16.0 Å². The minimum absolute atomic E-state index is 0.115. The Morgan fingerprint density at radius 1 is 1.60 bits per heavy atom. The van der Waals surface area contributed by atoms with E-state index in [1.165, 1.54) is 5.56 Å². The normalized spacial score (nSPS) is 20.0. The van der Waals surface area contributed by atoms with E-state index in [-0.39, 0.29) is 11.8 Å². The predicted molar refractivity (Wildman–Crippen MR) is 78.1 cm³/mol. The summed E-state index contributed by atoms with van der Waals surface area (Å²) in [6, 6.07) is 0. The average molecular weight is 279 g/mol. The summed E-state index contributed by atoms with van der Waals surface area (Å²) in [7, 11) is 1.93. The van der Waals surface area contributed by atoms with Crippen LogP contribution in [0, 0.1) is 5.92 Å². The van der Waals surface area contributed by atoms with Gasteiger partial charge >= 0.3 is 0 Å². The second-order valence-corrected chi connectivity index (χ2v) is 5.49. The fourth-order valence-electron chi connectivity index (χ4n) is 2.70. The lowest BCUT2D eigenvalue weighted by atomic mass is 9.97. The molecular weight excluding hydrogens is 254 g/mol. The smallest absolute Gasteiger partial charge is 0.224 e. The number of piperidine rings is 1. The number of nitrogens with zero attached hydrogens (tertiary/aromatic N) is 3. The number of carbonyl (C=O) groups is 1. The Morgan fingerprint density at radius 3 is 3.15 bits per heavy atom. The summed E-state index contributed by atoms with van der Waals surface area (Å²) in [5, 5.41) is 7.08. The van der Waals surface area contributed by atoms with Crippen LogP contribution in [0.15, 0.2) is 12.4 Å². The molecule has 0 bridgehead atoms. The van der Waals surface area contributed by atoms with Crippen LogP contribution in [0.25, 0.3) is 0 Å². The molecule has 1 unspecified atom stereocenters. The Balaban J connectivity index is 1.76. The highest BCUT2D eigenvalue weighted by molar-refractivity contribution is 5.78. The molecule has 1 aliphatic rings. The Labute approximate surface area is 120 Å². The van der Waals surface area contributed by atoms with E-state index in [1.807, 2.05) is 17.9 Å². The van der Waals surface area contributed by atoms with E-state index in [1.54, 1.807) is 0 Å². The SMILES string of the molecule is Cn1cc(CCN2CCCC(C(=O)NCCN)C2)cn1. The van der Waals surface area contributed by atoms with Crippen molar-refractivity contribution in [3.63, 3.8) is 0 Å². The van der Waals surface area contributed by atoms with Crippen LogP contribution in [-0.2, 0) is 18.3 Å². The summed E-state index contributed by atoms with van der Waals surface area (Å²) in [5.41, 5.74) is 6.67. The number of nitrogens with two attached hydrogens (primary N) is 1. The summed E-state index contributed by atoms with van der Waals surface area (Å²) >= 11 is 0. The number of amides is 1. The van der Waals surface area contributed by atoms with E-state index in [0.29, 0.717) is 13.1 Å². The maximum absolute atomic E-state index is 12.0. The number of hydrogen-bond acceptors (Lipinski definition) is 4. The first-order valence-electron chi connectivity index (χ1n) is 7.36. The zero-order chi connectivity index (χ0) is 14.4. The molecule has 0 aliphatic carbocycles. The van der Waals surface area contributed by atoms with Gasteiger partial charge in [0.15, 0.2) is 0 Å². The van der Waals surface area contributed by atoms with Crippen LogP contribution in [0.1, 0.15) is 18.4 Å². The Bertz CT molecular complexity index is 431. The van der Waals surface area contributed by atoms with Crippen molar-refractivity contribution in [1.82, 2.24) is 20.0 Å². The second-order valence-electron chi connectivity index (χ2n) is 5.49. The standard InChI is InChI=1S/C14H25N5O/c1-18-10-12(9-17-18)4-8-19-7-2-3-13(11-19)14(20)16-6-5-15/h9-10,13H,2-8,11,15H2,1H3,(H,16,20). The lowest BCUT2D eigenvalue weighted by molar-refractivity contribution is -0.126. The molecule has 2 heterocycles. The molecule has 6 heteroatoms. The summed E-state index contributed by atoms with van der Waals surface area (Å²) in [5.74, 6) is 0.269. The molecular formula is C14H25N5O. The van der Waals surface area contributed by atoms with E-state index in [2.05, 4.69) is 21.5 Å². The second kappa shape index (κ2) is 7.40. The Morgan fingerprint density at radius 2 is 2.45 bits per heavy atom.